The summed E-state index contributed by atoms with van der Waals surface area (Å²) < 4.78 is 68.5. The van der Waals surface area contributed by atoms with Crippen molar-refractivity contribution in [1.82, 2.24) is 0 Å². The number of halogens is 4. The Bertz CT molecular complexity index is 1420. The average molecular weight is 675 g/mol. The normalized spacial score (nSPS) is 35.8. The van der Waals surface area contributed by atoms with E-state index in [0.29, 0.717) is 47.4 Å². The van der Waals surface area contributed by atoms with Gasteiger partial charge in [-0.1, -0.05) is 20.8 Å². The van der Waals surface area contributed by atoms with Crippen LogP contribution in [0, 0.1) is 46.3 Å². The molecule has 4 aliphatic rings. The Kier molecular flexibility index (Phi) is 9.59. The van der Waals surface area contributed by atoms with Gasteiger partial charge in [-0.05, 0) is 147 Å². The minimum atomic E-state index is -5.21. The number of rotatable bonds is 9. The number of nitrogen functional groups attached to an aromatic ring is 2. The average Bonchev–Trinajstić information content (AvgIpc) is 3.39. The fraction of sp³-hybridized carbons (Fsp3) is 0.658. The minimum absolute atomic E-state index is 0.00793. The zero-order chi connectivity index (χ0) is 34.4. The van der Waals surface area contributed by atoms with Crippen LogP contribution >= 0.6 is 0 Å². The molecule has 6 rings (SSSR count). The van der Waals surface area contributed by atoms with Crippen LogP contribution in [0.5, 0.6) is 11.5 Å². The third-order valence-corrected chi connectivity index (χ3v) is 13.0. The van der Waals surface area contributed by atoms with Crippen LogP contribution in [0.2, 0.25) is 0 Å². The zero-order valence-electron chi connectivity index (χ0n) is 28.2. The number of esters is 1. The van der Waals surface area contributed by atoms with Crippen LogP contribution in [0.3, 0.4) is 0 Å². The smallest absolute Gasteiger partial charge is 0.457 e. The van der Waals surface area contributed by atoms with Crippen molar-refractivity contribution in [2.45, 2.75) is 110 Å². The summed E-state index contributed by atoms with van der Waals surface area (Å²) in [6.45, 7) is 6.96. The van der Waals surface area contributed by atoms with E-state index in [4.69, 9.17) is 20.9 Å². The Morgan fingerprint density at radius 1 is 0.833 bits per heavy atom. The van der Waals surface area contributed by atoms with E-state index >= 15 is 0 Å². The third kappa shape index (κ3) is 6.82. The van der Waals surface area contributed by atoms with Gasteiger partial charge in [0.1, 0.15) is 17.6 Å². The lowest BCUT2D eigenvalue weighted by molar-refractivity contribution is -0.258. The van der Waals surface area contributed by atoms with Crippen molar-refractivity contribution >= 4 is 17.3 Å². The van der Waals surface area contributed by atoms with Crippen molar-refractivity contribution in [2.24, 2.45) is 46.3 Å². The van der Waals surface area contributed by atoms with Crippen LogP contribution < -0.4 is 20.9 Å². The highest BCUT2D eigenvalue weighted by Gasteiger charge is 2.63. The first-order chi connectivity index (χ1) is 22.7. The van der Waals surface area contributed by atoms with E-state index in [1.807, 2.05) is 48.5 Å². The van der Waals surface area contributed by atoms with E-state index < -0.39 is 18.5 Å². The summed E-state index contributed by atoms with van der Waals surface area (Å²) in [7, 11) is 0. The molecule has 4 unspecified atom stereocenters. The maximum atomic E-state index is 13.3. The standard InChI is InChI=1S/C38H50F4N2O4/c1-22(4-15-34(45)48-35(39)38(40,41)42)29-13-14-30-28-21-33(47-26-11-7-24(44)8-12-26)32-20-27(46-25-9-5-23(43)6-10-25)16-18-37(32,3)31(28)17-19-36(29,30)2/h5-12,22,27-33,35H,4,13-21,43-44H2,1-3H3/t22-,27?,28+,29-,30+,31+,32?,33?,35?,36-,37-/m1/s1. The predicted octanol–water partition coefficient (Wildman–Crippen LogP) is 9.13. The number of ether oxygens (including phenoxy) is 3. The molecule has 0 amide bonds. The Balaban J connectivity index is 1.19. The first-order valence-electron chi connectivity index (χ1n) is 17.6. The van der Waals surface area contributed by atoms with Crippen LogP contribution in [0.25, 0.3) is 0 Å². The number of hydrogen-bond acceptors (Lipinski definition) is 6. The highest BCUT2D eigenvalue weighted by molar-refractivity contribution is 5.69. The molecule has 0 radical (unpaired) electrons. The second-order valence-electron chi connectivity index (χ2n) is 15.6. The van der Waals surface area contributed by atoms with Gasteiger partial charge in [0.2, 0.25) is 0 Å². The fourth-order valence-corrected chi connectivity index (χ4v) is 10.7. The van der Waals surface area contributed by atoms with E-state index in [2.05, 4.69) is 25.5 Å². The Hall–Kier alpha value is -3.17. The molecule has 264 valence electrons. The first-order valence-corrected chi connectivity index (χ1v) is 17.6. The third-order valence-electron chi connectivity index (χ3n) is 13.0. The van der Waals surface area contributed by atoms with E-state index in [1.54, 1.807) is 0 Å². The molecule has 0 bridgehead atoms. The number of hydrogen-bond donors (Lipinski definition) is 2. The summed E-state index contributed by atoms with van der Waals surface area (Å²) >= 11 is 0. The lowest BCUT2D eigenvalue weighted by Gasteiger charge is -2.63. The fourth-order valence-electron chi connectivity index (χ4n) is 10.7. The summed E-state index contributed by atoms with van der Waals surface area (Å²) in [6, 6.07) is 15.3. The van der Waals surface area contributed by atoms with Gasteiger partial charge in [0.05, 0.1) is 6.10 Å². The molecule has 6 nitrogen and oxygen atoms in total. The first kappa shape index (κ1) is 34.7. The van der Waals surface area contributed by atoms with E-state index in [9.17, 15) is 22.4 Å². The molecule has 0 aliphatic heterocycles. The van der Waals surface area contributed by atoms with Gasteiger partial charge in [-0.2, -0.15) is 17.6 Å². The minimum Gasteiger partial charge on any atom is -0.490 e. The summed E-state index contributed by atoms with van der Waals surface area (Å²) in [4.78, 5) is 12.1. The zero-order valence-corrected chi connectivity index (χ0v) is 28.2. The number of benzene rings is 2. The monoisotopic (exact) mass is 674 g/mol. The van der Waals surface area contributed by atoms with Gasteiger partial charge in [-0.15, -0.1) is 0 Å². The van der Waals surface area contributed by atoms with Gasteiger partial charge < -0.3 is 25.7 Å². The predicted molar refractivity (Wildman–Crippen MR) is 177 cm³/mol. The topological polar surface area (TPSA) is 96.8 Å². The molecule has 4 saturated carbocycles. The number of fused-ring (bicyclic) bond motifs is 5. The van der Waals surface area contributed by atoms with E-state index in [1.165, 1.54) is 0 Å². The van der Waals surface area contributed by atoms with Crippen molar-refractivity contribution in [3.8, 4) is 11.5 Å². The molecule has 4 aliphatic carbocycles. The Labute approximate surface area is 281 Å². The highest BCUT2D eigenvalue weighted by atomic mass is 19.4. The number of nitrogens with two attached hydrogens (primary N) is 2. The number of carbonyl (C=O) groups is 1. The summed E-state index contributed by atoms with van der Waals surface area (Å²) in [5, 5.41) is 0. The molecule has 2 aromatic carbocycles. The lowest BCUT2D eigenvalue weighted by atomic mass is 9.43. The molecule has 48 heavy (non-hydrogen) atoms. The molecule has 4 N–H and O–H groups in total. The van der Waals surface area contributed by atoms with Crippen LogP contribution in [0.15, 0.2) is 48.5 Å². The summed E-state index contributed by atoms with van der Waals surface area (Å²) in [5.41, 5.74) is 13.4. The Morgan fingerprint density at radius 3 is 2.04 bits per heavy atom. The molecule has 11 atom stereocenters. The highest BCUT2D eigenvalue weighted by Crippen LogP contribution is 2.68. The number of carbonyl (C=O) groups excluding carboxylic acids is 1. The maximum absolute atomic E-state index is 13.3. The summed E-state index contributed by atoms with van der Waals surface area (Å²) in [5.74, 6) is 2.76. The van der Waals surface area contributed by atoms with E-state index in [0.717, 1.165) is 62.9 Å². The van der Waals surface area contributed by atoms with Crippen molar-refractivity contribution < 1.29 is 36.6 Å². The molecule has 0 saturated heterocycles. The van der Waals surface area contributed by atoms with Gasteiger partial charge in [0.15, 0.2) is 0 Å². The second-order valence-corrected chi connectivity index (χ2v) is 15.6. The molecule has 2 aromatic rings. The van der Waals surface area contributed by atoms with Gasteiger partial charge in [-0.25, -0.2) is 0 Å². The van der Waals surface area contributed by atoms with Gasteiger partial charge in [0.25, 0.3) is 0 Å². The van der Waals surface area contributed by atoms with Crippen LogP contribution in [0.1, 0.15) is 85.0 Å². The molecule has 4 fully saturated rings. The van der Waals surface area contributed by atoms with E-state index in [-0.39, 0.29) is 35.4 Å². The van der Waals surface area contributed by atoms with Gasteiger partial charge in [-0.3, -0.25) is 4.79 Å². The maximum Gasteiger partial charge on any atom is 0.457 e. The molecule has 0 spiro atoms. The molecule has 0 heterocycles. The van der Waals surface area contributed by atoms with Crippen LogP contribution in [-0.4, -0.2) is 30.7 Å². The van der Waals surface area contributed by atoms with Crippen LogP contribution in [0.4, 0.5) is 28.9 Å². The SMILES string of the molecule is C[C@H](CCC(=O)OC(F)C(F)(F)F)[C@H]1CC[C@H]2[C@@H]3CC(Oc4ccc(N)cc4)C4CC(Oc5ccc(N)cc5)CC[C@]4(C)[C@H]3CC[C@]12C. The quantitative estimate of drug-likeness (QED) is 0.157. The summed E-state index contributed by atoms with van der Waals surface area (Å²) in [6.07, 6.45) is -0.368. The molecular weight excluding hydrogens is 624 g/mol. The van der Waals surface area contributed by atoms with Crippen molar-refractivity contribution in [2.75, 3.05) is 11.5 Å². The van der Waals surface area contributed by atoms with Crippen molar-refractivity contribution in [1.29, 1.82) is 0 Å². The number of anilines is 2. The second kappa shape index (κ2) is 13.3. The molecule has 10 heteroatoms. The van der Waals surface area contributed by atoms with Gasteiger partial charge in [0, 0.05) is 23.7 Å². The van der Waals surface area contributed by atoms with Crippen LogP contribution in [-0.2, 0) is 9.53 Å². The molecular formula is C38H50F4N2O4. The van der Waals surface area contributed by atoms with Crippen molar-refractivity contribution in [3.05, 3.63) is 48.5 Å². The largest absolute Gasteiger partial charge is 0.490 e. The molecule has 0 aromatic heterocycles. The van der Waals surface area contributed by atoms with Gasteiger partial charge >= 0.3 is 18.5 Å². The lowest BCUT2D eigenvalue weighted by Crippen LogP contribution is -2.59. The number of alkyl halides is 4. The van der Waals surface area contributed by atoms with Crippen molar-refractivity contribution in [3.63, 3.8) is 0 Å². The Morgan fingerprint density at radius 2 is 1.42 bits per heavy atom.